The molecule has 110 valence electrons. The number of rotatable bonds is 5. The number of halogens is 1. The maximum Gasteiger partial charge on any atom is 0.238 e. The summed E-state index contributed by atoms with van der Waals surface area (Å²) in [5.74, 6) is -0.0783. The van der Waals surface area contributed by atoms with Crippen molar-refractivity contribution in [2.24, 2.45) is 0 Å². The Morgan fingerprint density at radius 2 is 2.00 bits per heavy atom. The van der Waals surface area contributed by atoms with Gasteiger partial charge in [0.25, 0.3) is 0 Å². The Bertz CT molecular complexity index is 630. The van der Waals surface area contributed by atoms with Crippen molar-refractivity contribution in [3.8, 4) is 0 Å². The van der Waals surface area contributed by atoms with Gasteiger partial charge in [0.2, 0.25) is 5.91 Å². The average molecular weight is 348 g/mol. The van der Waals surface area contributed by atoms with Crippen LogP contribution in [0.2, 0.25) is 0 Å². The number of hydrogen-bond donors (Lipinski definition) is 2. The Hall–Kier alpha value is -1.85. The minimum atomic E-state index is -0.0783. The van der Waals surface area contributed by atoms with Gasteiger partial charge in [-0.3, -0.25) is 9.69 Å². The molecular formula is C16H18BrN3O. The van der Waals surface area contributed by atoms with Crippen LogP contribution in [-0.4, -0.2) is 24.4 Å². The van der Waals surface area contributed by atoms with Crippen LogP contribution >= 0.6 is 15.9 Å². The van der Waals surface area contributed by atoms with E-state index in [1.165, 1.54) is 0 Å². The molecule has 0 aliphatic carbocycles. The minimum Gasteiger partial charge on any atom is -0.397 e. The van der Waals surface area contributed by atoms with Gasteiger partial charge in [0, 0.05) is 11.0 Å². The normalized spacial score (nSPS) is 10.6. The van der Waals surface area contributed by atoms with Gasteiger partial charge in [0.15, 0.2) is 0 Å². The molecule has 0 saturated heterocycles. The first kappa shape index (κ1) is 15.5. The number of hydrogen-bond acceptors (Lipinski definition) is 3. The van der Waals surface area contributed by atoms with Gasteiger partial charge in [-0.1, -0.05) is 40.2 Å². The highest BCUT2D eigenvalue weighted by molar-refractivity contribution is 9.10. The summed E-state index contributed by atoms with van der Waals surface area (Å²) in [4.78, 5) is 14.0. The molecule has 3 N–H and O–H groups in total. The van der Waals surface area contributed by atoms with Gasteiger partial charge in [0.1, 0.15) is 0 Å². The van der Waals surface area contributed by atoms with Crippen LogP contribution in [0.4, 0.5) is 11.4 Å². The van der Waals surface area contributed by atoms with Gasteiger partial charge < -0.3 is 11.1 Å². The molecule has 0 radical (unpaired) electrons. The fourth-order valence-electron chi connectivity index (χ4n) is 2.05. The number of carbonyl (C=O) groups excluding carboxylic acids is 1. The van der Waals surface area contributed by atoms with Crippen molar-refractivity contribution in [1.29, 1.82) is 0 Å². The Balaban J connectivity index is 1.89. The topological polar surface area (TPSA) is 58.4 Å². The first-order chi connectivity index (χ1) is 10.0. The molecule has 0 aliphatic heterocycles. The number of nitrogens with two attached hydrogens (primary N) is 1. The van der Waals surface area contributed by atoms with Crippen LogP contribution in [0.15, 0.2) is 53.0 Å². The van der Waals surface area contributed by atoms with Crippen molar-refractivity contribution in [3.05, 3.63) is 58.6 Å². The van der Waals surface area contributed by atoms with Gasteiger partial charge in [-0.05, 0) is 36.9 Å². The zero-order valence-corrected chi connectivity index (χ0v) is 13.4. The third-order valence-corrected chi connectivity index (χ3v) is 3.48. The lowest BCUT2D eigenvalue weighted by atomic mass is 10.2. The van der Waals surface area contributed by atoms with E-state index in [1.807, 2.05) is 48.3 Å². The molecule has 0 bridgehead atoms. The number of carbonyl (C=O) groups is 1. The van der Waals surface area contributed by atoms with Crippen molar-refractivity contribution >= 4 is 33.2 Å². The van der Waals surface area contributed by atoms with Crippen LogP contribution in [-0.2, 0) is 11.3 Å². The number of nitrogens with one attached hydrogen (secondary N) is 1. The monoisotopic (exact) mass is 347 g/mol. The number of likely N-dealkylation sites (N-methyl/N-ethyl adjacent to an activating group) is 1. The molecule has 2 rings (SSSR count). The molecule has 0 fully saturated rings. The summed E-state index contributed by atoms with van der Waals surface area (Å²) in [6.07, 6.45) is 0. The number of benzene rings is 2. The molecule has 0 aromatic heterocycles. The van der Waals surface area contributed by atoms with Crippen LogP contribution in [0, 0.1) is 0 Å². The van der Waals surface area contributed by atoms with Crippen LogP contribution in [0.1, 0.15) is 5.56 Å². The van der Waals surface area contributed by atoms with E-state index in [1.54, 1.807) is 12.1 Å². The van der Waals surface area contributed by atoms with Gasteiger partial charge in [-0.15, -0.1) is 0 Å². The Morgan fingerprint density at radius 3 is 2.71 bits per heavy atom. The number of amides is 1. The lowest BCUT2D eigenvalue weighted by Crippen LogP contribution is -2.30. The second-order valence-corrected chi connectivity index (χ2v) is 5.85. The third kappa shape index (κ3) is 4.88. The third-order valence-electron chi connectivity index (χ3n) is 2.99. The highest BCUT2D eigenvalue weighted by atomic mass is 79.9. The molecule has 0 aliphatic rings. The Kier molecular flexibility index (Phi) is 5.36. The number of para-hydroxylation sites is 2. The van der Waals surface area contributed by atoms with Crippen LogP contribution in [0.5, 0.6) is 0 Å². The van der Waals surface area contributed by atoms with E-state index >= 15 is 0 Å². The highest BCUT2D eigenvalue weighted by Gasteiger charge is 2.09. The molecule has 0 spiro atoms. The van der Waals surface area contributed by atoms with Gasteiger partial charge in [-0.2, -0.15) is 0 Å². The zero-order chi connectivity index (χ0) is 15.2. The second kappa shape index (κ2) is 7.24. The lowest BCUT2D eigenvalue weighted by molar-refractivity contribution is -0.117. The largest absolute Gasteiger partial charge is 0.397 e. The molecule has 2 aromatic carbocycles. The zero-order valence-electron chi connectivity index (χ0n) is 11.8. The smallest absolute Gasteiger partial charge is 0.238 e. The minimum absolute atomic E-state index is 0.0783. The van der Waals surface area contributed by atoms with E-state index in [0.717, 1.165) is 10.0 Å². The summed E-state index contributed by atoms with van der Waals surface area (Å²) < 4.78 is 1.04. The van der Waals surface area contributed by atoms with Crippen LogP contribution in [0.3, 0.4) is 0 Å². The maximum absolute atomic E-state index is 12.0. The first-order valence-electron chi connectivity index (χ1n) is 6.62. The van der Waals surface area contributed by atoms with E-state index in [9.17, 15) is 4.79 Å². The SMILES string of the molecule is CN(CC(=O)Nc1ccccc1N)Cc1cccc(Br)c1. The summed E-state index contributed by atoms with van der Waals surface area (Å²) in [6.45, 7) is 1.01. The first-order valence-corrected chi connectivity index (χ1v) is 7.41. The summed E-state index contributed by atoms with van der Waals surface area (Å²) in [5.41, 5.74) is 8.18. The summed E-state index contributed by atoms with van der Waals surface area (Å²) in [7, 11) is 1.91. The van der Waals surface area contributed by atoms with Crippen LogP contribution in [0.25, 0.3) is 0 Å². The van der Waals surface area contributed by atoms with E-state index in [4.69, 9.17) is 5.73 Å². The van der Waals surface area contributed by atoms with E-state index < -0.39 is 0 Å². The van der Waals surface area contributed by atoms with Crippen molar-refractivity contribution in [2.45, 2.75) is 6.54 Å². The van der Waals surface area contributed by atoms with E-state index in [-0.39, 0.29) is 5.91 Å². The quantitative estimate of drug-likeness (QED) is 0.817. The van der Waals surface area contributed by atoms with Gasteiger partial charge in [0.05, 0.1) is 17.9 Å². The second-order valence-electron chi connectivity index (χ2n) is 4.94. The van der Waals surface area contributed by atoms with Crippen LogP contribution < -0.4 is 11.1 Å². The van der Waals surface area contributed by atoms with Crippen molar-refractivity contribution < 1.29 is 4.79 Å². The maximum atomic E-state index is 12.0. The number of anilines is 2. The Morgan fingerprint density at radius 1 is 1.24 bits per heavy atom. The summed E-state index contributed by atoms with van der Waals surface area (Å²) >= 11 is 3.44. The number of nitrogens with zero attached hydrogens (tertiary/aromatic N) is 1. The average Bonchev–Trinajstić information content (AvgIpc) is 2.41. The lowest BCUT2D eigenvalue weighted by Gasteiger charge is -2.17. The molecular weight excluding hydrogens is 330 g/mol. The fourth-order valence-corrected chi connectivity index (χ4v) is 2.50. The molecule has 2 aromatic rings. The fraction of sp³-hybridized carbons (Fsp3) is 0.188. The molecule has 4 nitrogen and oxygen atoms in total. The summed E-state index contributed by atoms with van der Waals surface area (Å²) in [6, 6.07) is 15.3. The molecule has 0 heterocycles. The van der Waals surface area contributed by atoms with E-state index in [0.29, 0.717) is 24.5 Å². The van der Waals surface area contributed by atoms with Crippen molar-refractivity contribution in [2.75, 3.05) is 24.6 Å². The predicted molar refractivity (Wildman–Crippen MR) is 90.0 cm³/mol. The molecule has 1 amide bonds. The highest BCUT2D eigenvalue weighted by Crippen LogP contribution is 2.17. The Labute approximate surface area is 133 Å². The van der Waals surface area contributed by atoms with Gasteiger partial charge >= 0.3 is 0 Å². The molecule has 21 heavy (non-hydrogen) atoms. The van der Waals surface area contributed by atoms with E-state index in [2.05, 4.69) is 21.2 Å². The molecule has 0 saturated carbocycles. The van der Waals surface area contributed by atoms with Gasteiger partial charge in [-0.25, -0.2) is 0 Å². The molecule has 5 heteroatoms. The van der Waals surface area contributed by atoms with Crippen molar-refractivity contribution in [3.63, 3.8) is 0 Å². The standard InChI is InChI=1S/C16H18BrN3O/c1-20(10-12-5-4-6-13(17)9-12)11-16(21)19-15-8-3-2-7-14(15)18/h2-9H,10-11,18H2,1H3,(H,19,21). The predicted octanol–water partition coefficient (Wildman–Crippen LogP) is 3.10. The summed E-state index contributed by atoms with van der Waals surface area (Å²) in [5, 5.41) is 2.82. The molecule has 0 unspecified atom stereocenters. The molecule has 0 atom stereocenters. The van der Waals surface area contributed by atoms with Crippen molar-refractivity contribution in [1.82, 2.24) is 4.90 Å². The number of nitrogen functional groups attached to an aromatic ring is 1.